The van der Waals surface area contributed by atoms with Gasteiger partial charge in [-0.2, -0.15) is 0 Å². The quantitative estimate of drug-likeness (QED) is 0.679. The zero-order valence-electron chi connectivity index (χ0n) is 9.39. The number of nitrogens with zero attached hydrogens (tertiary/aromatic N) is 1. The third-order valence-corrected chi connectivity index (χ3v) is 3.48. The van der Waals surface area contributed by atoms with Crippen LogP contribution in [0.3, 0.4) is 0 Å². The first-order chi connectivity index (χ1) is 7.60. The minimum Gasteiger partial charge on any atom is -0.330 e. The van der Waals surface area contributed by atoms with Crippen LogP contribution in [0.2, 0.25) is 0 Å². The maximum atomic E-state index is 11.7. The van der Waals surface area contributed by atoms with Gasteiger partial charge in [-0.1, -0.05) is 13.8 Å². The first kappa shape index (κ1) is 13.0. The number of thioether (sulfide) groups is 1. The van der Waals surface area contributed by atoms with Gasteiger partial charge in [-0.25, -0.2) is 4.79 Å². The summed E-state index contributed by atoms with van der Waals surface area (Å²) >= 11 is 1.43. The highest BCUT2D eigenvalue weighted by molar-refractivity contribution is 8.00. The summed E-state index contributed by atoms with van der Waals surface area (Å²) in [6, 6.07) is 0. The maximum absolute atomic E-state index is 11.7. The average molecular weight is 245 g/mol. The summed E-state index contributed by atoms with van der Waals surface area (Å²) in [5.74, 6) is -0.590. The van der Waals surface area contributed by atoms with Crippen LogP contribution in [0, 0.1) is 0 Å². The molecule has 16 heavy (non-hydrogen) atoms. The molecule has 1 fully saturated rings. The molecular weight excluding hydrogens is 230 g/mol. The summed E-state index contributed by atoms with van der Waals surface area (Å²) in [6.07, 6.45) is 1.21. The Morgan fingerprint density at radius 3 is 2.75 bits per heavy atom. The van der Waals surface area contributed by atoms with Crippen LogP contribution in [-0.4, -0.2) is 33.8 Å². The van der Waals surface area contributed by atoms with Gasteiger partial charge in [0.1, 0.15) is 0 Å². The molecule has 0 bridgehead atoms. The average Bonchev–Trinajstić information content (AvgIpc) is 2.53. The van der Waals surface area contributed by atoms with Crippen LogP contribution in [0.1, 0.15) is 33.1 Å². The van der Waals surface area contributed by atoms with E-state index in [2.05, 4.69) is 4.84 Å². The van der Waals surface area contributed by atoms with Crippen molar-refractivity contribution in [2.45, 2.75) is 38.4 Å². The van der Waals surface area contributed by atoms with Gasteiger partial charge >= 0.3 is 5.97 Å². The number of carbonyl (C=O) groups is 3. The molecular formula is C10H15NO4S. The molecule has 0 aliphatic carbocycles. The molecule has 0 aromatic carbocycles. The third-order valence-electron chi connectivity index (χ3n) is 2.07. The minimum absolute atomic E-state index is 0.125. The molecule has 1 atom stereocenters. The molecule has 0 aromatic rings. The molecule has 2 amide bonds. The van der Waals surface area contributed by atoms with Crippen LogP contribution in [0.25, 0.3) is 0 Å². The molecule has 0 aromatic heterocycles. The fraction of sp³-hybridized carbons (Fsp3) is 0.700. The molecule has 1 aliphatic heterocycles. The van der Waals surface area contributed by atoms with Crippen LogP contribution in [0.5, 0.6) is 0 Å². The number of rotatable bonds is 5. The summed E-state index contributed by atoms with van der Waals surface area (Å²) in [4.78, 5) is 38.8. The molecule has 0 saturated carbocycles. The van der Waals surface area contributed by atoms with E-state index in [4.69, 9.17) is 0 Å². The van der Waals surface area contributed by atoms with Gasteiger partial charge in [-0.15, -0.1) is 16.8 Å². The third kappa shape index (κ3) is 2.98. The lowest BCUT2D eigenvalue weighted by atomic mass is 10.4. The van der Waals surface area contributed by atoms with Gasteiger partial charge in [0.15, 0.2) is 0 Å². The zero-order valence-corrected chi connectivity index (χ0v) is 10.2. The summed E-state index contributed by atoms with van der Waals surface area (Å²) < 4.78 is 0. The van der Waals surface area contributed by atoms with Gasteiger partial charge in [0.05, 0.1) is 11.7 Å². The maximum Gasteiger partial charge on any atom is 0.332 e. The summed E-state index contributed by atoms with van der Waals surface area (Å²) in [5, 5.41) is 0.219. The van der Waals surface area contributed by atoms with Crippen molar-refractivity contribution in [3.63, 3.8) is 0 Å². The van der Waals surface area contributed by atoms with Crippen LogP contribution in [0.4, 0.5) is 0 Å². The van der Waals surface area contributed by atoms with Gasteiger partial charge in [0, 0.05) is 6.42 Å². The lowest BCUT2D eigenvalue weighted by Crippen LogP contribution is -2.33. The van der Waals surface area contributed by atoms with Gasteiger partial charge in [0.2, 0.25) is 0 Å². The molecule has 1 rings (SSSR count). The van der Waals surface area contributed by atoms with Crippen LogP contribution < -0.4 is 0 Å². The highest BCUT2D eigenvalue weighted by Gasteiger charge is 2.41. The Balaban J connectivity index is 2.57. The molecule has 90 valence electrons. The largest absolute Gasteiger partial charge is 0.332 e. The second-order valence-electron chi connectivity index (χ2n) is 3.41. The Kier molecular flexibility index (Phi) is 4.79. The highest BCUT2D eigenvalue weighted by Crippen LogP contribution is 2.25. The lowest BCUT2D eigenvalue weighted by molar-refractivity contribution is -0.197. The minimum atomic E-state index is -0.567. The lowest BCUT2D eigenvalue weighted by Gasteiger charge is -2.12. The number of hydrogen-bond donors (Lipinski definition) is 0. The molecule has 0 radical (unpaired) electrons. The monoisotopic (exact) mass is 245 g/mol. The highest BCUT2D eigenvalue weighted by atomic mass is 32.2. The van der Waals surface area contributed by atoms with Crippen molar-refractivity contribution in [2.24, 2.45) is 0 Å². The Morgan fingerprint density at radius 1 is 1.50 bits per heavy atom. The van der Waals surface area contributed by atoms with Gasteiger partial charge < -0.3 is 4.84 Å². The van der Waals surface area contributed by atoms with Gasteiger partial charge in [-0.05, 0) is 12.2 Å². The van der Waals surface area contributed by atoms with Crippen LogP contribution in [0.15, 0.2) is 0 Å². The molecule has 1 heterocycles. The van der Waals surface area contributed by atoms with Gasteiger partial charge in [0.25, 0.3) is 11.8 Å². The van der Waals surface area contributed by atoms with Crippen LogP contribution in [-0.2, 0) is 19.2 Å². The van der Waals surface area contributed by atoms with E-state index in [-0.39, 0.29) is 12.8 Å². The zero-order chi connectivity index (χ0) is 12.1. The second-order valence-corrected chi connectivity index (χ2v) is 4.72. The number of hydroxylamine groups is 2. The molecule has 5 nitrogen and oxygen atoms in total. The fourth-order valence-electron chi connectivity index (χ4n) is 1.24. The Labute approximate surface area is 98.5 Å². The van der Waals surface area contributed by atoms with Crippen molar-refractivity contribution in [2.75, 3.05) is 5.75 Å². The fourth-order valence-corrected chi connectivity index (χ4v) is 2.25. The molecule has 0 N–H and O–H groups in total. The first-order valence-electron chi connectivity index (χ1n) is 5.29. The van der Waals surface area contributed by atoms with Crippen molar-refractivity contribution in [3.8, 4) is 0 Å². The van der Waals surface area contributed by atoms with Crippen molar-refractivity contribution < 1.29 is 19.2 Å². The summed E-state index contributed by atoms with van der Waals surface area (Å²) in [7, 11) is 0. The number of imide groups is 1. The van der Waals surface area contributed by atoms with E-state index >= 15 is 0 Å². The molecule has 1 aliphatic rings. The number of amides is 2. The standard InChI is InChI=1S/C10H15NO4S/c1-3-5-16-7-6-8(12)11(10(7)14)15-9(13)4-2/h7H,3-6H2,1-2H3. The van der Waals surface area contributed by atoms with Crippen molar-refractivity contribution in [1.29, 1.82) is 0 Å². The van der Waals surface area contributed by atoms with E-state index in [1.54, 1.807) is 6.92 Å². The molecule has 6 heteroatoms. The SMILES string of the molecule is CCCSC1CC(=O)N(OC(=O)CC)C1=O. The number of carbonyl (C=O) groups excluding carboxylic acids is 3. The van der Waals surface area contributed by atoms with Crippen molar-refractivity contribution in [3.05, 3.63) is 0 Å². The van der Waals surface area contributed by atoms with Crippen molar-refractivity contribution >= 4 is 29.5 Å². The first-order valence-corrected chi connectivity index (χ1v) is 6.34. The second kappa shape index (κ2) is 5.89. The normalized spacial score (nSPS) is 20.4. The predicted molar refractivity (Wildman–Crippen MR) is 59.4 cm³/mol. The summed E-state index contributed by atoms with van der Waals surface area (Å²) in [5.41, 5.74) is 0. The van der Waals surface area contributed by atoms with Gasteiger partial charge in [-0.3, -0.25) is 9.59 Å². The Hall–Kier alpha value is -1.04. The van der Waals surface area contributed by atoms with E-state index in [1.807, 2.05) is 6.92 Å². The Bertz CT molecular complexity index is 305. The predicted octanol–water partition coefficient (Wildman–Crippen LogP) is 1.13. The van der Waals surface area contributed by atoms with E-state index in [0.29, 0.717) is 5.06 Å². The molecule has 1 unspecified atom stereocenters. The molecule has 1 saturated heterocycles. The van der Waals surface area contributed by atoms with Crippen LogP contribution >= 0.6 is 11.8 Å². The molecule has 0 spiro atoms. The van der Waals surface area contributed by atoms with Crippen molar-refractivity contribution in [1.82, 2.24) is 5.06 Å². The Morgan fingerprint density at radius 2 is 2.19 bits per heavy atom. The van der Waals surface area contributed by atoms with E-state index in [0.717, 1.165) is 12.2 Å². The van der Waals surface area contributed by atoms with E-state index in [9.17, 15) is 14.4 Å². The van der Waals surface area contributed by atoms with E-state index < -0.39 is 23.0 Å². The summed E-state index contributed by atoms with van der Waals surface area (Å²) in [6.45, 7) is 3.61. The topological polar surface area (TPSA) is 63.7 Å². The number of hydrogen-bond acceptors (Lipinski definition) is 5. The van der Waals surface area contributed by atoms with E-state index in [1.165, 1.54) is 11.8 Å². The smallest absolute Gasteiger partial charge is 0.330 e.